The minimum absolute atomic E-state index is 0.0756. The lowest BCUT2D eigenvalue weighted by molar-refractivity contribution is 0.0953. The Morgan fingerprint density at radius 2 is 1.75 bits per heavy atom. The second kappa shape index (κ2) is 8.67. The number of hydrogen-bond donors (Lipinski definition) is 1. The summed E-state index contributed by atoms with van der Waals surface area (Å²) in [6.07, 6.45) is 3.08. The first-order valence-electron chi connectivity index (χ1n) is 8.63. The van der Waals surface area contributed by atoms with Crippen LogP contribution in [0.1, 0.15) is 21.2 Å². The highest BCUT2D eigenvalue weighted by atomic mass is 32.2. The Hall–Kier alpha value is -3.19. The summed E-state index contributed by atoms with van der Waals surface area (Å²) < 4.78 is 31.4. The molecule has 0 unspecified atom stereocenters. The Kier molecular flexibility index (Phi) is 6.06. The smallest absolute Gasteiger partial charge is 0.251 e. The van der Waals surface area contributed by atoms with Gasteiger partial charge in [-0.25, -0.2) is 8.42 Å². The summed E-state index contributed by atoms with van der Waals surface area (Å²) in [4.78, 5) is 16.7. The maximum Gasteiger partial charge on any atom is 0.251 e. The van der Waals surface area contributed by atoms with Crippen LogP contribution in [-0.4, -0.2) is 33.0 Å². The second-order valence-electron chi connectivity index (χ2n) is 6.07. The quantitative estimate of drug-likeness (QED) is 0.663. The minimum atomic E-state index is -3.72. The van der Waals surface area contributed by atoms with Crippen LogP contribution in [0.5, 0.6) is 5.75 Å². The molecule has 0 radical (unpaired) electrons. The average Bonchev–Trinajstić information content (AvgIpc) is 2.75. The topological polar surface area (TPSA) is 85.4 Å². The van der Waals surface area contributed by atoms with Crippen LogP contribution in [-0.2, 0) is 9.84 Å². The van der Waals surface area contributed by atoms with Crippen LogP contribution >= 0.6 is 0 Å². The number of nitrogens with one attached hydrogen (secondary N) is 1. The van der Waals surface area contributed by atoms with Gasteiger partial charge in [0.2, 0.25) is 0 Å². The summed E-state index contributed by atoms with van der Waals surface area (Å²) in [6.45, 7) is -0.0756. The van der Waals surface area contributed by atoms with E-state index >= 15 is 0 Å². The summed E-state index contributed by atoms with van der Waals surface area (Å²) in [5, 5.41) is 1.77. The van der Waals surface area contributed by atoms with E-state index in [0.717, 1.165) is 0 Å². The first-order valence-corrected chi connectivity index (χ1v) is 10.2. The van der Waals surface area contributed by atoms with Crippen molar-refractivity contribution in [2.75, 3.05) is 13.7 Å². The zero-order valence-electron chi connectivity index (χ0n) is 15.3. The maximum absolute atomic E-state index is 13.2. The van der Waals surface area contributed by atoms with Gasteiger partial charge in [0.05, 0.1) is 12.0 Å². The maximum atomic E-state index is 13.2. The largest absolute Gasteiger partial charge is 0.497 e. The Labute approximate surface area is 164 Å². The van der Waals surface area contributed by atoms with Gasteiger partial charge in [-0.1, -0.05) is 24.3 Å². The number of carbonyl (C=O) groups is 1. The van der Waals surface area contributed by atoms with E-state index in [1.165, 1.54) is 6.20 Å². The van der Waals surface area contributed by atoms with Crippen LogP contribution in [0.25, 0.3) is 0 Å². The molecule has 0 saturated carbocycles. The van der Waals surface area contributed by atoms with Gasteiger partial charge in [0.1, 0.15) is 11.0 Å². The third-order valence-electron chi connectivity index (χ3n) is 4.30. The van der Waals surface area contributed by atoms with Gasteiger partial charge in [-0.05, 0) is 48.0 Å². The van der Waals surface area contributed by atoms with E-state index in [9.17, 15) is 13.2 Å². The SMILES string of the molecule is COc1ccc(C(=O)NC[C@H](c2cccnc2)S(=O)(=O)c2ccccc2)cc1. The number of hydrogen-bond acceptors (Lipinski definition) is 5. The fourth-order valence-corrected chi connectivity index (χ4v) is 4.44. The predicted molar refractivity (Wildman–Crippen MR) is 106 cm³/mol. The number of nitrogens with zero attached hydrogens (tertiary/aromatic N) is 1. The number of benzene rings is 2. The van der Waals surface area contributed by atoms with Gasteiger partial charge >= 0.3 is 0 Å². The Balaban J connectivity index is 1.85. The molecule has 3 rings (SSSR count). The second-order valence-corrected chi connectivity index (χ2v) is 8.20. The Morgan fingerprint density at radius 3 is 2.36 bits per heavy atom. The van der Waals surface area contributed by atoms with Crippen molar-refractivity contribution < 1.29 is 17.9 Å². The van der Waals surface area contributed by atoms with Crippen molar-refractivity contribution in [1.29, 1.82) is 0 Å². The van der Waals surface area contributed by atoms with E-state index in [0.29, 0.717) is 16.9 Å². The van der Waals surface area contributed by atoms with E-state index in [1.807, 2.05) is 0 Å². The molecule has 7 heteroatoms. The molecule has 144 valence electrons. The summed E-state index contributed by atoms with van der Waals surface area (Å²) in [5.41, 5.74) is 0.934. The van der Waals surface area contributed by atoms with Gasteiger partial charge in [0, 0.05) is 24.5 Å². The number of pyridine rings is 1. The van der Waals surface area contributed by atoms with Crippen molar-refractivity contribution in [2.45, 2.75) is 10.1 Å². The molecule has 1 amide bonds. The van der Waals surface area contributed by atoms with Gasteiger partial charge in [-0.15, -0.1) is 0 Å². The van der Waals surface area contributed by atoms with E-state index in [2.05, 4.69) is 10.3 Å². The lowest BCUT2D eigenvalue weighted by Gasteiger charge is -2.19. The molecule has 0 bridgehead atoms. The van der Waals surface area contributed by atoms with Gasteiger partial charge in [0.25, 0.3) is 5.91 Å². The number of ether oxygens (including phenoxy) is 1. The molecule has 1 atom stereocenters. The standard InChI is InChI=1S/C21H20N2O4S/c1-27-18-11-9-16(10-12-18)21(24)23-15-20(17-6-5-13-22-14-17)28(25,26)19-7-3-2-4-8-19/h2-14,20H,15H2,1H3,(H,23,24)/t20-/m1/s1. The van der Waals surface area contributed by atoms with E-state index in [1.54, 1.807) is 80.0 Å². The molecule has 3 aromatic rings. The van der Waals surface area contributed by atoms with Crippen LogP contribution in [0, 0.1) is 0 Å². The van der Waals surface area contributed by atoms with Crippen LogP contribution in [0.3, 0.4) is 0 Å². The highest BCUT2D eigenvalue weighted by molar-refractivity contribution is 7.91. The third kappa shape index (κ3) is 4.37. The van der Waals surface area contributed by atoms with Crippen LogP contribution in [0.2, 0.25) is 0 Å². The molecule has 28 heavy (non-hydrogen) atoms. The fourth-order valence-electron chi connectivity index (χ4n) is 2.78. The summed E-state index contributed by atoms with van der Waals surface area (Å²) >= 11 is 0. The molecular formula is C21H20N2O4S. The number of amides is 1. The molecule has 0 fully saturated rings. The number of carbonyl (C=O) groups excluding carboxylic acids is 1. The molecule has 0 saturated heterocycles. The van der Waals surface area contributed by atoms with E-state index < -0.39 is 15.1 Å². The number of rotatable bonds is 7. The number of aromatic nitrogens is 1. The van der Waals surface area contributed by atoms with Crippen LogP contribution in [0.4, 0.5) is 0 Å². The van der Waals surface area contributed by atoms with Gasteiger partial charge in [-0.3, -0.25) is 9.78 Å². The van der Waals surface area contributed by atoms with Gasteiger partial charge < -0.3 is 10.1 Å². The first kappa shape index (κ1) is 19.6. The van der Waals surface area contributed by atoms with E-state index in [-0.39, 0.29) is 17.3 Å². The molecule has 0 spiro atoms. The minimum Gasteiger partial charge on any atom is -0.497 e. The Bertz CT molecular complexity index is 1020. The zero-order valence-corrected chi connectivity index (χ0v) is 16.1. The molecule has 1 aromatic heterocycles. The van der Waals surface area contributed by atoms with Gasteiger partial charge in [0.15, 0.2) is 9.84 Å². The van der Waals surface area contributed by atoms with Crippen molar-refractivity contribution in [1.82, 2.24) is 10.3 Å². The van der Waals surface area contributed by atoms with Crippen molar-refractivity contribution in [3.63, 3.8) is 0 Å². The first-order chi connectivity index (χ1) is 13.5. The molecular weight excluding hydrogens is 376 g/mol. The molecule has 2 aromatic carbocycles. The fraction of sp³-hybridized carbons (Fsp3) is 0.143. The summed E-state index contributed by atoms with van der Waals surface area (Å²) in [7, 11) is -2.17. The monoisotopic (exact) mass is 396 g/mol. The van der Waals surface area contributed by atoms with Crippen molar-refractivity contribution in [3.05, 3.63) is 90.3 Å². The highest BCUT2D eigenvalue weighted by Gasteiger charge is 2.29. The zero-order chi connectivity index (χ0) is 20.0. The Morgan fingerprint density at radius 1 is 1.04 bits per heavy atom. The number of sulfone groups is 1. The number of methoxy groups -OCH3 is 1. The van der Waals surface area contributed by atoms with Crippen molar-refractivity contribution in [3.8, 4) is 5.75 Å². The summed E-state index contributed by atoms with van der Waals surface area (Å²) in [5.74, 6) is 0.274. The van der Waals surface area contributed by atoms with E-state index in [4.69, 9.17) is 4.74 Å². The summed E-state index contributed by atoms with van der Waals surface area (Å²) in [6, 6.07) is 18.1. The van der Waals surface area contributed by atoms with Crippen LogP contribution < -0.4 is 10.1 Å². The molecule has 6 nitrogen and oxygen atoms in total. The van der Waals surface area contributed by atoms with Crippen molar-refractivity contribution >= 4 is 15.7 Å². The molecule has 1 heterocycles. The highest BCUT2D eigenvalue weighted by Crippen LogP contribution is 2.28. The average molecular weight is 396 g/mol. The molecule has 1 N–H and O–H groups in total. The predicted octanol–water partition coefficient (Wildman–Crippen LogP) is 3.04. The lowest BCUT2D eigenvalue weighted by Crippen LogP contribution is -2.32. The van der Waals surface area contributed by atoms with Gasteiger partial charge in [-0.2, -0.15) is 0 Å². The third-order valence-corrected chi connectivity index (χ3v) is 6.42. The lowest BCUT2D eigenvalue weighted by atomic mass is 10.2. The van der Waals surface area contributed by atoms with Crippen molar-refractivity contribution in [2.24, 2.45) is 0 Å². The molecule has 0 aliphatic carbocycles. The normalized spacial score (nSPS) is 12.2. The molecule has 0 aliphatic heterocycles. The molecule has 0 aliphatic rings. The van der Waals surface area contributed by atoms with Crippen LogP contribution in [0.15, 0.2) is 84.0 Å².